The van der Waals surface area contributed by atoms with E-state index < -0.39 is 0 Å². The van der Waals surface area contributed by atoms with Gasteiger partial charge < -0.3 is 5.11 Å². The summed E-state index contributed by atoms with van der Waals surface area (Å²) in [6.07, 6.45) is 1.87. The average Bonchev–Trinajstić information content (AvgIpc) is 2.44. The van der Waals surface area contributed by atoms with Gasteiger partial charge in [-0.1, -0.05) is 71.9 Å². The number of phenolic OH excluding ortho intramolecular Hbond substituents is 1. The van der Waals surface area contributed by atoms with Crippen molar-refractivity contribution in [2.45, 2.75) is 52.4 Å². The van der Waals surface area contributed by atoms with E-state index in [1.54, 1.807) is 0 Å². The molecule has 0 spiro atoms. The zero-order valence-corrected chi connectivity index (χ0v) is 15.0. The molecule has 0 saturated heterocycles. The quantitative estimate of drug-likeness (QED) is 0.705. The first-order valence-electron chi connectivity index (χ1n) is 8.06. The van der Waals surface area contributed by atoms with Gasteiger partial charge in [-0.25, -0.2) is 0 Å². The molecule has 2 nitrogen and oxygen atoms in total. The van der Waals surface area contributed by atoms with Crippen LogP contribution in [0.3, 0.4) is 0 Å². The molecule has 0 aromatic heterocycles. The van der Waals surface area contributed by atoms with Crippen molar-refractivity contribution in [3.63, 3.8) is 0 Å². The van der Waals surface area contributed by atoms with Crippen molar-refractivity contribution in [1.82, 2.24) is 0 Å². The van der Waals surface area contributed by atoms with Gasteiger partial charge in [0.1, 0.15) is 5.75 Å². The van der Waals surface area contributed by atoms with E-state index in [9.17, 15) is 5.11 Å². The third-order valence-electron chi connectivity index (χ3n) is 3.87. The van der Waals surface area contributed by atoms with E-state index in [4.69, 9.17) is 0 Å². The Morgan fingerprint density at radius 3 is 1.74 bits per heavy atom. The largest absolute Gasteiger partial charge is 0.507 e. The summed E-state index contributed by atoms with van der Waals surface area (Å²) in [5, 5.41) is 10.7. The molecule has 0 amide bonds. The van der Waals surface area contributed by atoms with E-state index in [0.717, 1.165) is 22.4 Å². The molecule has 0 radical (unpaired) electrons. The van der Waals surface area contributed by atoms with Gasteiger partial charge in [-0.05, 0) is 28.5 Å². The van der Waals surface area contributed by atoms with E-state index in [-0.39, 0.29) is 10.8 Å². The van der Waals surface area contributed by atoms with Crippen LogP contribution >= 0.6 is 0 Å². The monoisotopic (exact) mass is 309 g/mol. The van der Waals surface area contributed by atoms with Crippen LogP contribution in [0.2, 0.25) is 0 Å². The number of hydrogen-bond donors (Lipinski definition) is 1. The van der Waals surface area contributed by atoms with Crippen LogP contribution < -0.4 is 0 Å². The predicted octanol–water partition coefficient (Wildman–Crippen LogP) is 5.74. The summed E-state index contributed by atoms with van der Waals surface area (Å²) in [5.74, 6) is 0.392. The SMILES string of the molecule is CC(C)(C)c1cc(N=Cc2ccccc2)cc(C(C)(C)C)c1O. The van der Waals surface area contributed by atoms with E-state index in [2.05, 4.69) is 46.5 Å². The molecule has 0 heterocycles. The molecule has 2 aromatic carbocycles. The Balaban J connectivity index is 2.54. The van der Waals surface area contributed by atoms with Gasteiger partial charge >= 0.3 is 0 Å². The standard InChI is InChI=1S/C21H27NO/c1-20(2,3)17-12-16(13-18(19(17)23)21(4,5)6)22-14-15-10-8-7-9-11-15/h7-14,23H,1-6H3. The smallest absolute Gasteiger partial charge is 0.123 e. The Bertz CT molecular complexity index is 666. The van der Waals surface area contributed by atoms with Gasteiger partial charge in [-0.15, -0.1) is 0 Å². The average molecular weight is 309 g/mol. The topological polar surface area (TPSA) is 32.6 Å². The first kappa shape index (κ1) is 17.3. The first-order chi connectivity index (χ1) is 10.6. The third kappa shape index (κ3) is 4.22. The van der Waals surface area contributed by atoms with Crippen LogP contribution in [0, 0.1) is 0 Å². The van der Waals surface area contributed by atoms with Crippen molar-refractivity contribution in [2.24, 2.45) is 4.99 Å². The van der Waals surface area contributed by atoms with Crippen LogP contribution in [0.25, 0.3) is 0 Å². The zero-order chi connectivity index (χ0) is 17.3. The third-order valence-corrected chi connectivity index (χ3v) is 3.87. The van der Waals surface area contributed by atoms with Crippen molar-refractivity contribution in [3.8, 4) is 5.75 Å². The molecule has 0 aliphatic heterocycles. The highest BCUT2D eigenvalue weighted by molar-refractivity contribution is 5.82. The Morgan fingerprint density at radius 2 is 1.30 bits per heavy atom. The van der Waals surface area contributed by atoms with Gasteiger partial charge in [0.25, 0.3) is 0 Å². The van der Waals surface area contributed by atoms with Crippen molar-refractivity contribution in [3.05, 3.63) is 59.2 Å². The highest BCUT2D eigenvalue weighted by Gasteiger charge is 2.26. The molecule has 2 heteroatoms. The molecule has 0 aliphatic carbocycles. The second-order valence-corrected chi connectivity index (χ2v) is 8.06. The molecular formula is C21H27NO. The summed E-state index contributed by atoms with van der Waals surface area (Å²) >= 11 is 0. The van der Waals surface area contributed by atoms with Gasteiger partial charge in [0, 0.05) is 17.3 Å². The fourth-order valence-corrected chi connectivity index (χ4v) is 2.53. The highest BCUT2D eigenvalue weighted by Crippen LogP contribution is 2.41. The number of aromatic hydroxyl groups is 1. The maximum absolute atomic E-state index is 10.7. The molecule has 0 atom stereocenters. The van der Waals surface area contributed by atoms with E-state index >= 15 is 0 Å². The van der Waals surface area contributed by atoms with Crippen molar-refractivity contribution in [2.75, 3.05) is 0 Å². The van der Waals surface area contributed by atoms with Crippen molar-refractivity contribution < 1.29 is 5.11 Å². The van der Waals surface area contributed by atoms with Gasteiger partial charge in [0.2, 0.25) is 0 Å². The van der Waals surface area contributed by atoms with Gasteiger partial charge in [-0.2, -0.15) is 0 Å². The second-order valence-electron chi connectivity index (χ2n) is 8.06. The van der Waals surface area contributed by atoms with Gasteiger partial charge in [0.05, 0.1) is 5.69 Å². The molecule has 0 bridgehead atoms. The lowest BCUT2D eigenvalue weighted by molar-refractivity contribution is 0.423. The van der Waals surface area contributed by atoms with Gasteiger partial charge in [-0.3, -0.25) is 4.99 Å². The fourth-order valence-electron chi connectivity index (χ4n) is 2.53. The minimum absolute atomic E-state index is 0.137. The summed E-state index contributed by atoms with van der Waals surface area (Å²) in [7, 11) is 0. The van der Waals surface area contributed by atoms with E-state index in [1.165, 1.54) is 0 Å². The number of benzene rings is 2. The van der Waals surface area contributed by atoms with Crippen LogP contribution in [0.1, 0.15) is 58.2 Å². The van der Waals surface area contributed by atoms with Crippen molar-refractivity contribution in [1.29, 1.82) is 0 Å². The summed E-state index contributed by atoms with van der Waals surface area (Å²) < 4.78 is 0. The van der Waals surface area contributed by atoms with Gasteiger partial charge in [0.15, 0.2) is 0 Å². The predicted molar refractivity (Wildman–Crippen MR) is 99.2 cm³/mol. The lowest BCUT2D eigenvalue weighted by Gasteiger charge is -2.27. The van der Waals surface area contributed by atoms with Crippen LogP contribution in [0.4, 0.5) is 5.69 Å². The normalized spacial score (nSPS) is 12.8. The number of aliphatic imine (C=N–C) groups is 1. The summed E-state index contributed by atoms with van der Waals surface area (Å²) in [6, 6.07) is 14.0. The lowest BCUT2D eigenvalue weighted by Crippen LogP contribution is -2.16. The minimum Gasteiger partial charge on any atom is -0.507 e. The molecule has 0 unspecified atom stereocenters. The fraction of sp³-hybridized carbons (Fsp3) is 0.381. The molecular weight excluding hydrogens is 282 g/mol. The van der Waals surface area contributed by atoms with Crippen LogP contribution in [0.5, 0.6) is 5.75 Å². The summed E-state index contributed by atoms with van der Waals surface area (Å²) in [4.78, 5) is 4.63. The first-order valence-corrected chi connectivity index (χ1v) is 8.06. The maximum atomic E-state index is 10.7. The number of rotatable bonds is 2. The summed E-state index contributed by atoms with van der Waals surface area (Å²) in [5.41, 5.74) is 3.54. The zero-order valence-electron chi connectivity index (χ0n) is 15.0. The molecule has 0 saturated carbocycles. The minimum atomic E-state index is -0.137. The molecule has 0 aliphatic rings. The Kier molecular flexibility index (Phi) is 4.65. The highest BCUT2D eigenvalue weighted by atomic mass is 16.3. The second kappa shape index (κ2) is 6.19. The van der Waals surface area contributed by atoms with E-state index in [1.807, 2.05) is 48.7 Å². The molecule has 2 rings (SSSR count). The number of nitrogens with zero attached hydrogens (tertiary/aromatic N) is 1. The summed E-state index contributed by atoms with van der Waals surface area (Å²) in [6.45, 7) is 12.7. The van der Waals surface area contributed by atoms with Crippen LogP contribution in [-0.2, 0) is 10.8 Å². The van der Waals surface area contributed by atoms with Crippen molar-refractivity contribution >= 4 is 11.9 Å². The Labute approximate surface area is 139 Å². The molecule has 1 N–H and O–H groups in total. The Hall–Kier alpha value is -2.09. The number of phenols is 1. The lowest BCUT2D eigenvalue weighted by atomic mass is 9.79. The Morgan fingerprint density at radius 1 is 0.826 bits per heavy atom. The molecule has 122 valence electrons. The molecule has 23 heavy (non-hydrogen) atoms. The molecule has 2 aromatic rings. The maximum Gasteiger partial charge on any atom is 0.123 e. The number of hydrogen-bond acceptors (Lipinski definition) is 2. The van der Waals surface area contributed by atoms with Crippen LogP contribution in [0.15, 0.2) is 47.5 Å². The van der Waals surface area contributed by atoms with E-state index in [0.29, 0.717) is 5.75 Å². The van der Waals surface area contributed by atoms with Crippen LogP contribution in [-0.4, -0.2) is 11.3 Å². The molecule has 0 fully saturated rings.